The first-order valence-electron chi connectivity index (χ1n) is 19.6. The van der Waals surface area contributed by atoms with Crippen LogP contribution in [0.3, 0.4) is 0 Å². The predicted octanol–water partition coefficient (Wildman–Crippen LogP) is 6.24. The highest BCUT2D eigenvalue weighted by Crippen LogP contribution is 2.38. The average molecular weight is 864 g/mol. The average Bonchev–Trinajstić information content (AvgIpc) is 4.11. The number of nitriles is 2. The van der Waals surface area contributed by atoms with Gasteiger partial charge in [-0.05, 0) is 61.4 Å². The van der Waals surface area contributed by atoms with Gasteiger partial charge in [-0.15, -0.1) is 4.52 Å². The minimum Gasteiger partial charge on any atom is -0.391 e. The third-order valence-corrected chi connectivity index (χ3v) is 12.9. The Morgan fingerprint density at radius 2 is 1.31 bits per heavy atom. The van der Waals surface area contributed by atoms with Gasteiger partial charge in [0.15, 0.2) is 11.6 Å². The van der Waals surface area contributed by atoms with Crippen LogP contribution in [-0.4, -0.2) is 82.7 Å². The molecule has 0 amide bonds. The van der Waals surface area contributed by atoms with E-state index >= 15 is 8.78 Å². The summed E-state index contributed by atoms with van der Waals surface area (Å²) in [4.78, 5) is 23.2. The van der Waals surface area contributed by atoms with E-state index in [-0.39, 0.29) is 21.7 Å². The smallest absolute Gasteiger partial charge is 0.257 e. The number of aliphatic hydroxyl groups is 2. The maximum atomic E-state index is 16.4. The van der Waals surface area contributed by atoms with E-state index in [1.165, 1.54) is 36.8 Å². The normalized spacial score (nSPS) is 16.4. The highest BCUT2D eigenvalue weighted by atomic mass is 32.2. The maximum Gasteiger partial charge on any atom is 0.257 e. The lowest BCUT2D eigenvalue weighted by molar-refractivity contribution is -0.667. The van der Waals surface area contributed by atoms with Crippen molar-refractivity contribution in [1.82, 2.24) is 34.1 Å². The summed E-state index contributed by atoms with van der Waals surface area (Å²) in [6, 6.07) is 19.9. The van der Waals surface area contributed by atoms with Crippen LogP contribution in [-0.2, 0) is 0 Å². The van der Waals surface area contributed by atoms with Crippen LogP contribution < -0.4 is 14.5 Å². The van der Waals surface area contributed by atoms with Gasteiger partial charge in [-0.2, -0.15) is 15.6 Å². The summed E-state index contributed by atoms with van der Waals surface area (Å²) < 4.78 is 36.4. The van der Waals surface area contributed by atoms with Crippen molar-refractivity contribution in [2.75, 3.05) is 36.0 Å². The van der Waals surface area contributed by atoms with Gasteiger partial charge in [0.25, 0.3) is 5.69 Å². The molecule has 10 heterocycles. The van der Waals surface area contributed by atoms with Crippen LogP contribution in [0, 0.1) is 34.3 Å². The van der Waals surface area contributed by atoms with Crippen molar-refractivity contribution >= 4 is 46.2 Å². The van der Waals surface area contributed by atoms with Crippen LogP contribution in [0.4, 0.5) is 20.4 Å². The molecule has 0 saturated carbocycles. The van der Waals surface area contributed by atoms with E-state index in [1.54, 1.807) is 44.7 Å². The molecule has 0 aliphatic carbocycles. The number of aromatic nitrogens is 8. The fourth-order valence-corrected chi connectivity index (χ4v) is 9.73. The SMILES string of the molecule is N#Cc1cnn2cc(-c3ccc(N4CC[C@H](O)C4)nc3)cc(Sc3ncc(-[n+]4cc(C#N)c5c(Sc6ncccc6F)cc(-c6ccc(N7CC[C@@H](O)C7)nc6)cn54)cc3F)c12. The molecule has 2 saturated heterocycles. The summed E-state index contributed by atoms with van der Waals surface area (Å²) in [6.45, 7) is 2.43. The summed E-state index contributed by atoms with van der Waals surface area (Å²) in [5.41, 5.74) is 4.74. The fraction of sp³-hybridized carbons (Fsp3) is 0.182. The van der Waals surface area contributed by atoms with Gasteiger partial charge in [-0.25, -0.2) is 33.2 Å². The van der Waals surface area contributed by atoms with E-state index in [0.29, 0.717) is 76.7 Å². The summed E-state index contributed by atoms with van der Waals surface area (Å²) >= 11 is 2.12. The minimum atomic E-state index is -0.651. The summed E-state index contributed by atoms with van der Waals surface area (Å²) in [7, 11) is 0. The molecule has 62 heavy (non-hydrogen) atoms. The molecule has 2 atom stereocenters. The van der Waals surface area contributed by atoms with Gasteiger partial charge in [0.2, 0.25) is 6.20 Å². The number of hydrogen-bond donors (Lipinski definition) is 2. The van der Waals surface area contributed by atoms with Crippen molar-refractivity contribution < 1.29 is 23.7 Å². The minimum absolute atomic E-state index is 0.0418. The molecule has 10 rings (SSSR count). The number of β-amino-alcohol motifs (C(OH)–C–C–N with tert-alkyl or cyclic N) is 2. The van der Waals surface area contributed by atoms with Crippen molar-refractivity contribution in [3.8, 4) is 40.1 Å². The Balaban J connectivity index is 1.02. The second-order valence-corrected chi connectivity index (χ2v) is 17.0. The molecule has 0 unspecified atom stereocenters. The number of rotatable bonds is 9. The maximum absolute atomic E-state index is 16.4. The lowest BCUT2D eigenvalue weighted by atomic mass is 10.1. The highest BCUT2D eigenvalue weighted by Gasteiger charge is 2.27. The van der Waals surface area contributed by atoms with Crippen LogP contribution >= 0.6 is 23.5 Å². The predicted molar refractivity (Wildman–Crippen MR) is 226 cm³/mol. The standard InChI is InChI=1S/C44H33F2N12O2S2/c45-35-2-1-9-49-43(35)62-38-13-29(27-4-6-40(51-18-27)55-11-8-34(60)25-55)22-58-42(38)31(16-48)23-57(58)32-14-36(46)44(52-20-32)61-37-12-28(21-56-41(37)30(15-47)19-53-56)26-3-5-39(50-17-26)54-10-7-33(59)24-54/h1-6,9,12-14,17-23,33-34,59-60H,7-8,10-11,24-25H2/q+1/t33-,34+/m0/s1. The first-order chi connectivity index (χ1) is 30.2. The van der Waals surface area contributed by atoms with Crippen LogP contribution in [0.15, 0.2) is 124 Å². The van der Waals surface area contributed by atoms with Crippen molar-refractivity contribution in [1.29, 1.82) is 10.5 Å². The van der Waals surface area contributed by atoms with E-state index in [0.717, 1.165) is 51.8 Å². The Bertz CT molecular complexity index is 3110. The topological polar surface area (TPSA) is 172 Å². The Labute approximate surface area is 361 Å². The zero-order valence-electron chi connectivity index (χ0n) is 32.5. The zero-order valence-corrected chi connectivity index (χ0v) is 34.2. The monoisotopic (exact) mass is 863 g/mol. The molecule has 2 fully saturated rings. The van der Waals surface area contributed by atoms with Crippen LogP contribution in [0.2, 0.25) is 0 Å². The second-order valence-electron chi connectivity index (χ2n) is 14.9. The lowest BCUT2D eigenvalue weighted by Crippen LogP contribution is -2.36. The number of halogens is 2. The Morgan fingerprint density at radius 1 is 0.677 bits per heavy atom. The van der Waals surface area contributed by atoms with Crippen LogP contribution in [0.5, 0.6) is 0 Å². The molecular formula is C44H33F2N12O2S2+. The third kappa shape index (κ3) is 7.32. The largest absolute Gasteiger partial charge is 0.391 e. The molecule has 8 aromatic rings. The third-order valence-electron chi connectivity index (χ3n) is 10.9. The summed E-state index contributed by atoms with van der Waals surface area (Å²) in [5, 5.41) is 45.0. The van der Waals surface area contributed by atoms with E-state index in [2.05, 4.69) is 37.2 Å². The zero-order chi connectivity index (χ0) is 42.5. The lowest BCUT2D eigenvalue weighted by Gasteiger charge is -2.16. The first-order valence-corrected chi connectivity index (χ1v) is 21.2. The number of anilines is 2. The Morgan fingerprint density at radius 3 is 1.87 bits per heavy atom. The quantitative estimate of drug-likeness (QED) is 0.156. The fourth-order valence-electron chi connectivity index (χ4n) is 7.80. The van der Waals surface area contributed by atoms with Crippen molar-refractivity contribution in [2.45, 2.75) is 44.9 Å². The van der Waals surface area contributed by atoms with Gasteiger partial charge in [-0.3, -0.25) is 0 Å². The highest BCUT2D eigenvalue weighted by molar-refractivity contribution is 7.99. The number of fused-ring (bicyclic) bond motifs is 2. The molecule has 2 N–H and O–H groups in total. The second kappa shape index (κ2) is 16.1. The molecule has 306 valence electrons. The molecule has 14 nitrogen and oxygen atoms in total. The van der Waals surface area contributed by atoms with Gasteiger partial charge in [0, 0.05) is 83.0 Å². The molecule has 2 aliphatic rings. The van der Waals surface area contributed by atoms with Gasteiger partial charge in [-0.1, -0.05) is 28.2 Å². The Hall–Kier alpha value is -6.96. The van der Waals surface area contributed by atoms with E-state index in [4.69, 9.17) is 0 Å². The molecule has 0 bridgehead atoms. The number of hydrogen-bond acceptors (Lipinski definition) is 13. The molecule has 0 radical (unpaired) electrons. The number of aliphatic hydroxyl groups excluding tert-OH is 2. The van der Waals surface area contributed by atoms with E-state index in [9.17, 15) is 20.7 Å². The van der Waals surface area contributed by atoms with Gasteiger partial charge < -0.3 is 20.0 Å². The number of pyridine rings is 6. The van der Waals surface area contributed by atoms with Crippen LogP contribution in [0.25, 0.3) is 39.0 Å². The van der Waals surface area contributed by atoms with Crippen molar-refractivity contribution in [2.24, 2.45) is 0 Å². The van der Waals surface area contributed by atoms with Crippen molar-refractivity contribution in [3.05, 3.63) is 127 Å². The van der Waals surface area contributed by atoms with Crippen molar-refractivity contribution in [3.63, 3.8) is 0 Å². The van der Waals surface area contributed by atoms with E-state index < -0.39 is 17.7 Å². The molecule has 8 aromatic heterocycles. The van der Waals surface area contributed by atoms with Gasteiger partial charge in [0.1, 0.15) is 51.1 Å². The molecule has 2 aliphatic heterocycles. The first kappa shape index (κ1) is 39.2. The molecule has 0 spiro atoms. The van der Waals surface area contributed by atoms with E-state index in [1.807, 2.05) is 46.2 Å². The Kier molecular flexibility index (Phi) is 10.2. The van der Waals surface area contributed by atoms with Crippen LogP contribution in [0.1, 0.15) is 24.0 Å². The summed E-state index contributed by atoms with van der Waals surface area (Å²) in [5.74, 6) is 0.315. The van der Waals surface area contributed by atoms with Gasteiger partial charge in [0.05, 0.1) is 41.7 Å². The summed E-state index contributed by atoms with van der Waals surface area (Å²) in [6.07, 6.45) is 13.6. The molecular weight excluding hydrogens is 831 g/mol. The van der Waals surface area contributed by atoms with Gasteiger partial charge >= 0.3 is 0 Å². The molecule has 18 heteroatoms. The number of nitrogens with zero attached hydrogens (tertiary/aromatic N) is 12. The molecule has 0 aromatic carbocycles.